The van der Waals surface area contributed by atoms with Crippen LogP contribution in [0.4, 0.5) is 5.69 Å². The van der Waals surface area contributed by atoms with Gasteiger partial charge in [0.05, 0.1) is 26.9 Å². The molecule has 1 N–H and O–H groups in total. The van der Waals surface area contributed by atoms with Crippen LogP contribution in [0.3, 0.4) is 0 Å². The first-order valence-electron chi connectivity index (χ1n) is 9.38. The van der Waals surface area contributed by atoms with Crippen LogP contribution in [0.5, 0.6) is 0 Å². The van der Waals surface area contributed by atoms with Crippen LogP contribution in [0.25, 0.3) is 5.69 Å². The summed E-state index contributed by atoms with van der Waals surface area (Å²) in [4.78, 5) is -0.0831. The molecule has 1 heterocycles. The van der Waals surface area contributed by atoms with E-state index in [4.69, 9.17) is 0 Å². The molecule has 0 saturated carbocycles. The maximum Gasteiger partial charge on any atom is 0.177 e. The van der Waals surface area contributed by atoms with Crippen molar-refractivity contribution in [2.45, 2.75) is 36.1 Å². The van der Waals surface area contributed by atoms with Crippen LogP contribution >= 0.6 is 0 Å². The lowest BCUT2D eigenvalue weighted by atomic mass is 10.1. The average Bonchev–Trinajstić information content (AvgIpc) is 3.10. The van der Waals surface area contributed by atoms with Crippen molar-refractivity contribution in [2.24, 2.45) is 0 Å². The predicted molar refractivity (Wildman–Crippen MR) is 118 cm³/mol. The topological polar surface area (TPSA) is 98.1 Å². The number of nitrogens with zero attached hydrogens (tertiary/aromatic N) is 2. The van der Waals surface area contributed by atoms with Gasteiger partial charge in [-0.1, -0.05) is 32.0 Å². The minimum Gasteiger partial charge on any atom is -0.380 e. The molecular weight excluding hydrogens is 422 g/mol. The lowest BCUT2D eigenvalue weighted by Crippen LogP contribution is -2.09. The summed E-state index contributed by atoms with van der Waals surface area (Å²) in [7, 11) is -7.15. The van der Waals surface area contributed by atoms with E-state index < -0.39 is 19.7 Å². The van der Waals surface area contributed by atoms with Crippen molar-refractivity contribution in [3.05, 3.63) is 66.0 Å². The number of hydrogen-bond donors (Lipinski definition) is 1. The van der Waals surface area contributed by atoms with Gasteiger partial charge in [0.2, 0.25) is 0 Å². The Hall–Kier alpha value is -2.65. The van der Waals surface area contributed by atoms with Gasteiger partial charge in [-0.2, -0.15) is 5.10 Å². The third-order valence-electron chi connectivity index (χ3n) is 4.64. The Labute approximate surface area is 177 Å². The second-order valence-electron chi connectivity index (χ2n) is 7.53. The van der Waals surface area contributed by atoms with Crippen molar-refractivity contribution in [3.63, 3.8) is 0 Å². The smallest absolute Gasteiger partial charge is 0.177 e. The number of para-hydroxylation sites is 1. The van der Waals surface area contributed by atoms with Crippen LogP contribution in [-0.4, -0.2) is 39.1 Å². The minimum atomic E-state index is -3.63. The number of aromatic nitrogens is 2. The molecule has 7 nitrogen and oxygen atoms in total. The van der Waals surface area contributed by atoms with Crippen molar-refractivity contribution in [3.8, 4) is 5.69 Å². The first kappa shape index (κ1) is 22.0. The van der Waals surface area contributed by atoms with E-state index in [1.807, 2.05) is 50.4 Å². The molecule has 0 radical (unpaired) electrons. The highest BCUT2D eigenvalue weighted by molar-refractivity contribution is 7.91. The van der Waals surface area contributed by atoms with Crippen molar-refractivity contribution in [1.29, 1.82) is 0 Å². The zero-order valence-corrected chi connectivity index (χ0v) is 19.0. The van der Waals surface area contributed by atoms with Gasteiger partial charge in [-0.3, -0.25) is 0 Å². The summed E-state index contributed by atoms with van der Waals surface area (Å²) in [6, 6.07) is 13.8. The summed E-state index contributed by atoms with van der Waals surface area (Å²) in [5.74, 6) is 0.175. The van der Waals surface area contributed by atoms with Crippen molar-refractivity contribution >= 4 is 25.4 Å². The Morgan fingerprint density at radius 2 is 1.63 bits per heavy atom. The number of anilines is 1. The Morgan fingerprint density at radius 1 is 0.967 bits per heavy atom. The fraction of sp³-hybridized carbons (Fsp3) is 0.286. The van der Waals surface area contributed by atoms with Gasteiger partial charge in [0.25, 0.3) is 0 Å². The van der Waals surface area contributed by atoms with E-state index >= 15 is 0 Å². The van der Waals surface area contributed by atoms with Gasteiger partial charge in [0.1, 0.15) is 0 Å². The molecule has 9 heteroatoms. The highest BCUT2D eigenvalue weighted by atomic mass is 32.2. The fourth-order valence-electron chi connectivity index (χ4n) is 3.13. The lowest BCUT2D eigenvalue weighted by molar-refractivity contribution is 0.600. The highest BCUT2D eigenvalue weighted by Crippen LogP contribution is 2.27. The standard InChI is InChI=1S/C21H25N3O4S2/c1-15(2)21-16(14-24(23-21)17-8-6-5-7-9-17)13-22-19-11-10-18(29(3,25)26)12-20(19)30(4,27)28/h5-12,14-15,22H,13H2,1-4H3. The van der Waals surface area contributed by atoms with Gasteiger partial charge in [-0.05, 0) is 36.2 Å². The highest BCUT2D eigenvalue weighted by Gasteiger charge is 2.19. The SMILES string of the molecule is CC(C)c1nn(-c2ccccc2)cc1CNc1ccc(S(C)(=O)=O)cc1S(C)(=O)=O. The van der Waals surface area contributed by atoms with E-state index in [1.165, 1.54) is 18.2 Å². The van der Waals surface area contributed by atoms with Gasteiger partial charge < -0.3 is 5.32 Å². The van der Waals surface area contributed by atoms with Crippen molar-refractivity contribution in [2.75, 3.05) is 17.8 Å². The quantitative estimate of drug-likeness (QED) is 0.596. The van der Waals surface area contributed by atoms with E-state index in [2.05, 4.69) is 10.4 Å². The Balaban J connectivity index is 1.96. The summed E-state index contributed by atoms with van der Waals surface area (Å²) >= 11 is 0. The van der Waals surface area contributed by atoms with E-state index in [1.54, 1.807) is 4.68 Å². The third kappa shape index (κ3) is 4.91. The molecule has 0 fully saturated rings. The molecule has 0 saturated heterocycles. The summed E-state index contributed by atoms with van der Waals surface area (Å²) in [5, 5.41) is 7.84. The monoisotopic (exact) mass is 447 g/mol. The van der Waals surface area contributed by atoms with Gasteiger partial charge in [0.15, 0.2) is 19.7 Å². The summed E-state index contributed by atoms with van der Waals surface area (Å²) in [6.07, 6.45) is 4.03. The molecule has 2 aromatic carbocycles. The second-order valence-corrected chi connectivity index (χ2v) is 11.5. The number of sulfone groups is 2. The molecule has 3 aromatic rings. The maximum absolute atomic E-state index is 12.3. The molecule has 0 bridgehead atoms. The van der Waals surface area contributed by atoms with Crippen molar-refractivity contribution in [1.82, 2.24) is 9.78 Å². The maximum atomic E-state index is 12.3. The van der Waals surface area contributed by atoms with E-state index in [9.17, 15) is 16.8 Å². The normalized spacial score (nSPS) is 12.3. The first-order valence-corrected chi connectivity index (χ1v) is 13.2. The van der Waals surface area contributed by atoms with Gasteiger partial charge in [0, 0.05) is 30.8 Å². The average molecular weight is 448 g/mol. The largest absolute Gasteiger partial charge is 0.380 e. The first-order chi connectivity index (χ1) is 14.0. The van der Waals surface area contributed by atoms with Gasteiger partial charge in [-0.15, -0.1) is 0 Å². The molecule has 3 rings (SSSR count). The van der Waals surface area contributed by atoms with Gasteiger partial charge in [-0.25, -0.2) is 21.5 Å². The summed E-state index contributed by atoms with van der Waals surface area (Å²) in [6.45, 7) is 4.44. The molecule has 0 unspecified atom stereocenters. The van der Waals surface area contributed by atoms with Crippen molar-refractivity contribution < 1.29 is 16.8 Å². The van der Waals surface area contributed by atoms with Gasteiger partial charge >= 0.3 is 0 Å². The minimum absolute atomic E-state index is 0.0340. The van der Waals surface area contributed by atoms with Crippen LogP contribution in [-0.2, 0) is 26.2 Å². The molecule has 0 aliphatic rings. The fourth-order valence-corrected chi connectivity index (χ4v) is 4.74. The van der Waals surface area contributed by atoms with E-state index in [0.717, 1.165) is 29.5 Å². The molecule has 30 heavy (non-hydrogen) atoms. The Kier molecular flexibility index (Phi) is 6.05. The second kappa shape index (κ2) is 8.23. The van der Waals surface area contributed by atoms with E-state index in [0.29, 0.717) is 12.2 Å². The molecule has 0 aliphatic carbocycles. The molecule has 1 aromatic heterocycles. The predicted octanol–water partition coefficient (Wildman–Crippen LogP) is 3.41. The lowest BCUT2D eigenvalue weighted by Gasteiger charge is -2.13. The third-order valence-corrected chi connectivity index (χ3v) is 6.89. The molecule has 0 aliphatic heterocycles. The summed E-state index contributed by atoms with van der Waals surface area (Å²) < 4.78 is 50.0. The Morgan fingerprint density at radius 3 is 2.20 bits per heavy atom. The zero-order chi connectivity index (χ0) is 22.1. The van der Waals surface area contributed by atoms with Crippen LogP contribution in [0, 0.1) is 0 Å². The number of nitrogens with one attached hydrogen (secondary N) is 1. The summed E-state index contributed by atoms with van der Waals surface area (Å²) in [5.41, 5.74) is 3.12. The molecule has 0 amide bonds. The molecular formula is C21H25N3O4S2. The van der Waals surface area contributed by atoms with Crippen LogP contribution < -0.4 is 5.32 Å². The molecule has 0 spiro atoms. The zero-order valence-electron chi connectivity index (χ0n) is 17.3. The van der Waals surface area contributed by atoms with Crippen LogP contribution in [0.2, 0.25) is 0 Å². The molecule has 0 atom stereocenters. The molecule has 160 valence electrons. The van der Waals surface area contributed by atoms with Crippen LogP contribution in [0.1, 0.15) is 31.0 Å². The number of hydrogen-bond acceptors (Lipinski definition) is 6. The van der Waals surface area contributed by atoms with Crippen LogP contribution in [0.15, 0.2) is 64.5 Å². The number of benzene rings is 2. The number of rotatable bonds is 7. The van der Waals surface area contributed by atoms with E-state index in [-0.39, 0.29) is 15.7 Å². The Bertz CT molecular complexity index is 1260.